The lowest BCUT2D eigenvalue weighted by Crippen LogP contribution is -2.50. The Bertz CT molecular complexity index is 833. The molecule has 0 saturated carbocycles. The maximum Gasteiger partial charge on any atom is 0.287 e. The number of amides is 1. The Hall–Kier alpha value is -1.89. The van der Waals surface area contributed by atoms with E-state index < -0.39 is 11.6 Å². The van der Waals surface area contributed by atoms with E-state index in [0.29, 0.717) is 13.1 Å². The van der Waals surface area contributed by atoms with Crippen LogP contribution < -0.4 is 5.56 Å². The van der Waals surface area contributed by atoms with E-state index in [1.165, 1.54) is 11.8 Å². The maximum absolute atomic E-state index is 12.7. The van der Waals surface area contributed by atoms with Gasteiger partial charge in [0.15, 0.2) is 0 Å². The van der Waals surface area contributed by atoms with Gasteiger partial charge < -0.3 is 4.90 Å². The lowest BCUT2D eigenvalue weighted by Gasteiger charge is -2.36. The molecule has 1 saturated heterocycles. The Kier molecular flexibility index (Phi) is 5.96. The minimum absolute atomic E-state index is 0.0853. The van der Waals surface area contributed by atoms with Crippen molar-refractivity contribution >= 4 is 29.1 Å². The van der Waals surface area contributed by atoms with Crippen molar-refractivity contribution in [3.05, 3.63) is 62.5 Å². The van der Waals surface area contributed by atoms with Crippen LogP contribution >= 0.6 is 23.2 Å². The zero-order valence-electron chi connectivity index (χ0n) is 14.4. The predicted molar refractivity (Wildman–Crippen MR) is 102 cm³/mol. The number of hydrogen-bond acceptors (Lipinski definition) is 4. The van der Waals surface area contributed by atoms with Crippen LogP contribution in [0, 0.1) is 0 Å². The van der Waals surface area contributed by atoms with Gasteiger partial charge >= 0.3 is 0 Å². The largest absolute Gasteiger partial charge is 0.338 e. The summed E-state index contributed by atoms with van der Waals surface area (Å²) in [5.41, 5.74) is 0.704. The van der Waals surface area contributed by atoms with E-state index >= 15 is 0 Å². The number of aromatic nitrogens is 2. The molecule has 1 aliphatic heterocycles. The van der Waals surface area contributed by atoms with Gasteiger partial charge in [-0.1, -0.05) is 53.5 Å². The van der Waals surface area contributed by atoms with Crippen LogP contribution in [-0.2, 0) is 11.3 Å². The van der Waals surface area contributed by atoms with Crippen molar-refractivity contribution in [1.29, 1.82) is 0 Å². The van der Waals surface area contributed by atoms with Gasteiger partial charge in [-0.15, -0.1) is 0 Å². The van der Waals surface area contributed by atoms with E-state index in [4.69, 9.17) is 23.2 Å². The standard InChI is InChI=1S/C18H20Cl2N4O2/c1-13(24-18(26)16(20)15(19)11-21-24)17(25)23-9-7-22(8-10-23)12-14-5-3-2-4-6-14/h2-6,11,13H,7-10,12H2,1H3/t13-/m0/s1. The van der Waals surface area contributed by atoms with Crippen LogP contribution in [0.1, 0.15) is 18.5 Å². The molecule has 1 aromatic carbocycles. The van der Waals surface area contributed by atoms with Gasteiger partial charge in [-0.2, -0.15) is 5.10 Å². The zero-order valence-corrected chi connectivity index (χ0v) is 16.0. The molecule has 0 N–H and O–H groups in total. The minimum atomic E-state index is -0.724. The monoisotopic (exact) mass is 394 g/mol. The SMILES string of the molecule is C[C@@H](C(=O)N1CCN(Cc2ccccc2)CC1)n1ncc(Cl)c(Cl)c1=O. The van der Waals surface area contributed by atoms with E-state index in [-0.39, 0.29) is 16.0 Å². The van der Waals surface area contributed by atoms with Gasteiger partial charge in [0.25, 0.3) is 5.56 Å². The van der Waals surface area contributed by atoms with Gasteiger partial charge in [0, 0.05) is 32.7 Å². The van der Waals surface area contributed by atoms with Crippen LogP contribution in [0.2, 0.25) is 10.0 Å². The summed E-state index contributed by atoms with van der Waals surface area (Å²) in [7, 11) is 0. The normalized spacial score (nSPS) is 16.5. The summed E-state index contributed by atoms with van der Waals surface area (Å²) in [6, 6.07) is 9.53. The summed E-state index contributed by atoms with van der Waals surface area (Å²) in [4.78, 5) is 29.0. The third kappa shape index (κ3) is 4.09. The number of halogens is 2. The molecule has 2 heterocycles. The summed E-state index contributed by atoms with van der Waals surface area (Å²) in [5, 5.41) is 3.92. The smallest absolute Gasteiger partial charge is 0.287 e. The van der Waals surface area contributed by atoms with Crippen molar-refractivity contribution in [2.45, 2.75) is 19.5 Å². The molecule has 1 aliphatic rings. The molecule has 26 heavy (non-hydrogen) atoms. The molecule has 1 fully saturated rings. The summed E-state index contributed by atoms with van der Waals surface area (Å²) < 4.78 is 1.09. The maximum atomic E-state index is 12.7. The van der Waals surface area contributed by atoms with Crippen LogP contribution in [0.5, 0.6) is 0 Å². The fraction of sp³-hybridized carbons (Fsp3) is 0.389. The summed E-state index contributed by atoms with van der Waals surface area (Å²) >= 11 is 11.7. The molecule has 0 spiro atoms. The molecular weight excluding hydrogens is 375 g/mol. The average Bonchev–Trinajstić information content (AvgIpc) is 2.67. The van der Waals surface area contributed by atoms with Crippen LogP contribution in [0.4, 0.5) is 0 Å². The van der Waals surface area contributed by atoms with Gasteiger partial charge in [0.05, 0.1) is 11.2 Å². The predicted octanol–water partition coefficient (Wildman–Crippen LogP) is 2.46. The minimum Gasteiger partial charge on any atom is -0.338 e. The molecule has 0 bridgehead atoms. The average molecular weight is 395 g/mol. The Morgan fingerprint density at radius 2 is 1.81 bits per heavy atom. The van der Waals surface area contributed by atoms with Crippen molar-refractivity contribution < 1.29 is 4.79 Å². The molecule has 0 unspecified atom stereocenters. The number of carbonyl (C=O) groups is 1. The third-order valence-electron chi connectivity index (χ3n) is 4.56. The van der Waals surface area contributed by atoms with Crippen LogP contribution in [0.25, 0.3) is 0 Å². The molecule has 8 heteroatoms. The fourth-order valence-corrected chi connectivity index (χ4v) is 3.30. The number of piperazine rings is 1. The topological polar surface area (TPSA) is 58.4 Å². The number of nitrogens with zero attached hydrogens (tertiary/aromatic N) is 4. The van der Waals surface area contributed by atoms with Gasteiger partial charge in [-0.05, 0) is 12.5 Å². The lowest BCUT2D eigenvalue weighted by atomic mass is 10.2. The van der Waals surface area contributed by atoms with E-state index in [0.717, 1.165) is 24.3 Å². The zero-order chi connectivity index (χ0) is 18.7. The van der Waals surface area contributed by atoms with E-state index in [2.05, 4.69) is 22.1 Å². The Morgan fingerprint density at radius 3 is 2.46 bits per heavy atom. The lowest BCUT2D eigenvalue weighted by molar-refractivity contribution is -0.136. The van der Waals surface area contributed by atoms with Crippen LogP contribution in [-0.4, -0.2) is 51.7 Å². The van der Waals surface area contributed by atoms with Crippen molar-refractivity contribution in [3.63, 3.8) is 0 Å². The van der Waals surface area contributed by atoms with Gasteiger partial charge in [-0.25, -0.2) is 4.68 Å². The van der Waals surface area contributed by atoms with Crippen molar-refractivity contribution in [1.82, 2.24) is 19.6 Å². The molecule has 1 atom stereocenters. The first-order valence-electron chi connectivity index (χ1n) is 8.45. The summed E-state index contributed by atoms with van der Waals surface area (Å²) in [6.07, 6.45) is 1.28. The highest BCUT2D eigenvalue weighted by Gasteiger charge is 2.27. The quantitative estimate of drug-likeness (QED) is 0.798. The second kappa shape index (κ2) is 8.20. The highest BCUT2D eigenvalue weighted by Crippen LogP contribution is 2.17. The van der Waals surface area contributed by atoms with Crippen molar-refractivity contribution in [2.24, 2.45) is 0 Å². The van der Waals surface area contributed by atoms with Crippen LogP contribution in [0.15, 0.2) is 41.3 Å². The first-order valence-corrected chi connectivity index (χ1v) is 9.21. The Morgan fingerprint density at radius 1 is 1.15 bits per heavy atom. The van der Waals surface area contributed by atoms with E-state index in [1.54, 1.807) is 11.8 Å². The molecule has 2 aromatic rings. The number of rotatable bonds is 4. The summed E-state index contributed by atoms with van der Waals surface area (Å²) in [5.74, 6) is -0.141. The Balaban J connectivity index is 1.61. The highest BCUT2D eigenvalue weighted by molar-refractivity contribution is 6.41. The molecule has 138 valence electrons. The molecule has 6 nitrogen and oxygen atoms in total. The molecule has 0 aliphatic carbocycles. The first-order chi connectivity index (χ1) is 12.5. The second-order valence-electron chi connectivity index (χ2n) is 6.32. The van der Waals surface area contributed by atoms with Crippen molar-refractivity contribution in [3.8, 4) is 0 Å². The van der Waals surface area contributed by atoms with E-state index in [9.17, 15) is 9.59 Å². The molecular formula is C18H20Cl2N4O2. The number of carbonyl (C=O) groups excluding carboxylic acids is 1. The molecule has 3 rings (SSSR count). The van der Waals surface area contributed by atoms with Crippen molar-refractivity contribution in [2.75, 3.05) is 26.2 Å². The second-order valence-corrected chi connectivity index (χ2v) is 7.10. The number of benzene rings is 1. The van der Waals surface area contributed by atoms with E-state index in [1.807, 2.05) is 18.2 Å². The first kappa shape index (κ1) is 18.9. The van der Waals surface area contributed by atoms with Gasteiger partial charge in [0.1, 0.15) is 11.1 Å². The van der Waals surface area contributed by atoms with Crippen LogP contribution in [0.3, 0.4) is 0 Å². The highest BCUT2D eigenvalue weighted by atomic mass is 35.5. The molecule has 1 aromatic heterocycles. The molecule has 1 amide bonds. The van der Waals surface area contributed by atoms with Gasteiger partial charge in [0.2, 0.25) is 5.91 Å². The Labute approximate surface area is 161 Å². The third-order valence-corrected chi connectivity index (χ3v) is 5.31. The number of hydrogen-bond donors (Lipinski definition) is 0. The summed E-state index contributed by atoms with van der Waals surface area (Å²) in [6.45, 7) is 5.33. The fourth-order valence-electron chi connectivity index (χ4n) is 3.04. The van der Waals surface area contributed by atoms with Gasteiger partial charge in [-0.3, -0.25) is 14.5 Å². The molecule has 0 radical (unpaired) electrons.